The van der Waals surface area contributed by atoms with E-state index in [0.29, 0.717) is 11.1 Å². The minimum Gasteiger partial charge on any atom is -0.507 e. The Kier molecular flexibility index (Phi) is 3.03. The van der Waals surface area contributed by atoms with Gasteiger partial charge in [-0.25, -0.2) is 8.78 Å². The molecule has 1 aromatic rings. The molecule has 0 heterocycles. The van der Waals surface area contributed by atoms with Crippen LogP contribution in [0.3, 0.4) is 0 Å². The number of phenolic OH excluding ortho intramolecular Hbond substituents is 1. The molecule has 0 aromatic heterocycles. The Bertz CT molecular complexity index is 382. The topological polar surface area (TPSA) is 44.0 Å². The number of benzene rings is 1. The molecule has 0 saturated carbocycles. The number of rotatable bonds is 2. The molecule has 0 atom stereocenters. The molecule has 1 aromatic carbocycles. The van der Waals surface area contributed by atoms with Gasteiger partial charge in [-0.1, -0.05) is 6.07 Å². The molecule has 1 N–H and O–H groups in total. The maximum Gasteiger partial charge on any atom is 0.267 e. The Morgan fingerprint density at radius 1 is 1.50 bits per heavy atom. The summed E-state index contributed by atoms with van der Waals surface area (Å²) >= 11 is 0. The molecule has 0 saturated heterocycles. The van der Waals surface area contributed by atoms with Gasteiger partial charge < -0.3 is 5.11 Å². The third-order valence-electron chi connectivity index (χ3n) is 1.91. The summed E-state index contributed by atoms with van der Waals surface area (Å²) in [7, 11) is 0. The van der Waals surface area contributed by atoms with Crippen molar-refractivity contribution in [2.75, 3.05) is 0 Å². The first-order chi connectivity index (χ1) is 6.56. The Labute approximate surface area is 80.4 Å². The Morgan fingerprint density at radius 2 is 2.14 bits per heavy atom. The first kappa shape index (κ1) is 10.5. The van der Waals surface area contributed by atoms with Crippen LogP contribution in [0.1, 0.15) is 23.1 Å². The van der Waals surface area contributed by atoms with Crippen molar-refractivity contribution in [3.8, 4) is 11.8 Å². The second-order valence-electron chi connectivity index (χ2n) is 2.99. The van der Waals surface area contributed by atoms with Crippen LogP contribution in [0.4, 0.5) is 8.78 Å². The van der Waals surface area contributed by atoms with Crippen molar-refractivity contribution in [1.29, 1.82) is 5.26 Å². The standard InChI is InChI=1S/C10H9F2NO/c1-6-4-7(2-3-13)5-8(9(6)14)10(11)12/h4-5,10,14H,2H2,1H3. The molecule has 0 amide bonds. The van der Waals surface area contributed by atoms with Crippen molar-refractivity contribution in [2.24, 2.45) is 0 Å². The van der Waals surface area contributed by atoms with E-state index in [1.165, 1.54) is 13.0 Å². The highest BCUT2D eigenvalue weighted by atomic mass is 19.3. The summed E-state index contributed by atoms with van der Waals surface area (Å²) in [4.78, 5) is 0. The maximum absolute atomic E-state index is 12.4. The highest BCUT2D eigenvalue weighted by Gasteiger charge is 2.15. The molecular weight excluding hydrogens is 188 g/mol. The van der Waals surface area contributed by atoms with E-state index in [2.05, 4.69) is 0 Å². The van der Waals surface area contributed by atoms with Crippen molar-refractivity contribution in [3.05, 3.63) is 28.8 Å². The average Bonchev–Trinajstić information content (AvgIpc) is 2.11. The number of nitriles is 1. The monoisotopic (exact) mass is 197 g/mol. The van der Waals surface area contributed by atoms with E-state index >= 15 is 0 Å². The molecule has 0 fully saturated rings. The van der Waals surface area contributed by atoms with Crippen LogP contribution >= 0.6 is 0 Å². The number of phenols is 1. The van der Waals surface area contributed by atoms with Crippen LogP contribution < -0.4 is 0 Å². The Morgan fingerprint density at radius 3 is 2.64 bits per heavy atom. The molecule has 0 unspecified atom stereocenters. The van der Waals surface area contributed by atoms with Crippen molar-refractivity contribution in [3.63, 3.8) is 0 Å². The minimum absolute atomic E-state index is 0.0703. The normalized spacial score (nSPS) is 10.2. The lowest BCUT2D eigenvalue weighted by Gasteiger charge is -2.08. The highest BCUT2D eigenvalue weighted by Crippen LogP contribution is 2.32. The van der Waals surface area contributed by atoms with Crippen molar-refractivity contribution in [2.45, 2.75) is 19.8 Å². The van der Waals surface area contributed by atoms with Gasteiger partial charge in [0.05, 0.1) is 18.1 Å². The van der Waals surface area contributed by atoms with Gasteiger partial charge in [-0.2, -0.15) is 5.26 Å². The molecule has 0 aliphatic rings. The van der Waals surface area contributed by atoms with Gasteiger partial charge in [0.15, 0.2) is 0 Å². The van der Waals surface area contributed by atoms with Gasteiger partial charge in [-0.05, 0) is 24.1 Å². The molecule has 0 bridgehead atoms. The summed E-state index contributed by atoms with van der Waals surface area (Å²) in [6, 6.07) is 4.57. The van der Waals surface area contributed by atoms with E-state index in [4.69, 9.17) is 5.26 Å². The summed E-state index contributed by atoms with van der Waals surface area (Å²) in [5.74, 6) is -0.387. The largest absolute Gasteiger partial charge is 0.507 e. The number of hydrogen-bond donors (Lipinski definition) is 1. The quantitative estimate of drug-likeness (QED) is 0.792. The molecule has 2 nitrogen and oxygen atoms in total. The van der Waals surface area contributed by atoms with E-state index in [1.54, 1.807) is 0 Å². The van der Waals surface area contributed by atoms with Crippen LogP contribution in [-0.4, -0.2) is 5.11 Å². The van der Waals surface area contributed by atoms with Crippen LogP contribution in [0.15, 0.2) is 12.1 Å². The lowest BCUT2D eigenvalue weighted by atomic mass is 10.0. The van der Waals surface area contributed by atoms with Crippen LogP contribution in [0, 0.1) is 18.3 Å². The molecule has 4 heteroatoms. The van der Waals surface area contributed by atoms with E-state index in [0.717, 1.165) is 6.07 Å². The summed E-state index contributed by atoms with van der Waals surface area (Å²) in [5, 5.41) is 17.7. The van der Waals surface area contributed by atoms with E-state index < -0.39 is 12.0 Å². The number of aromatic hydroxyl groups is 1. The van der Waals surface area contributed by atoms with Crippen LogP contribution in [0.25, 0.3) is 0 Å². The SMILES string of the molecule is Cc1cc(CC#N)cc(C(F)F)c1O. The summed E-state index contributed by atoms with van der Waals surface area (Å²) < 4.78 is 24.8. The van der Waals surface area contributed by atoms with Gasteiger partial charge in [-0.15, -0.1) is 0 Å². The fourth-order valence-corrected chi connectivity index (χ4v) is 1.24. The second kappa shape index (κ2) is 4.05. The van der Waals surface area contributed by atoms with Gasteiger partial charge in [0.2, 0.25) is 0 Å². The van der Waals surface area contributed by atoms with E-state index in [1.807, 2.05) is 6.07 Å². The minimum atomic E-state index is -2.72. The number of nitrogens with zero attached hydrogens (tertiary/aromatic N) is 1. The lowest BCUT2D eigenvalue weighted by Crippen LogP contribution is -1.92. The zero-order valence-electron chi connectivity index (χ0n) is 7.59. The van der Waals surface area contributed by atoms with Crippen molar-refractivity contribution >= 4 is 0 Å². The molecular formula is C10H9F2NO. The predicted octanol–water partition coefficient (Wildman–Crippen LogP) is 2.70. The van der Waals surface area contributed by atoms with E-state index in [9.17, 15) is 13.9 Å². The molecule has 0 spiro atoms. The molecule has 0 radical (unpaired) electrons. The van der Waals surface area contributed by atoms with Crippen LogP contribution in [0.5, 0.6) is 5.75 Å². The highest BCUT2D eigenvalue weighted by molar-refractivity contribution is 5.44. The maximum atomic E-state index is 12.4. The molecule has 74 valence electrons. The van der Waals surface area contributed by atoms with Crippen molar-refractivity contribution in [1.82, 2.24) is 0 Å². The average molecular weight is 197 g/mol. The molecule has 0 aliphatic heterocycles. The zero-order chi connectivity index (χ0) is 10.7. The van der Waals surface area contributed by atoms with E-state index in [-0.39, 0.29) is 12.2 Å². The molecule has 1 rings (SSSR count). The molecule has 0 aliphatic carbocycles. The summed E-state index contributed by atoms with van der Waals surface area (Å²) in [6.07, 6.45) is -2.65. The number of hydrogen-bond acceptors (Lipinski definition) is 2. The Balaban J connectivity index is 3.22. The first-order valence-corrected chi connectivity index (χ1v) is 4.03. The Hall–Kier alpha value is -1.63. The number of alkyl halides is 2. The lowest BCUT2D eigenvalue weighted by molar-refractivity contribution is 0.147. The molecule has 14 heavy (non-hydrogen) atoms. The fraction of sp³-hybridized carbons (Fsp3) is 0.300. The van der Waals surface area contributed by atoms with Gasteiger partial charge in [-0.3, -0.25) is 0 Å². The predicted molar refractivity (Wildman–Crippen MR) is 47.1 cm³/mol. The zero-order valence-corrected chi connectivity index (χ0v) is 7.59. The third kappa shape index (κ3) is 1.99. The number of halogens is 2. The van der Waals surface area contributed by atoms with Gasteiger partial charge in [0.1, 0.15) is 5.75 Å². The fourth-order valence-electron chi connectivity index (χ4n) is 1.24. The number of aryl methyl sites for hydroxylation is 1. The summed E-state index contributed by atoms with van der Waals surface area (Å²) in [6.45, 7) is 1.53. The van der Waals surface area contributed by atoms with Crippen LogP contribution in [-0.2, 0) is 6.42 Å². The van der Waals surface area contributed by atoms with Gasteiger partial charge in [0, 0.05) is 0 Å². The first-order valence-electron chi connectivity index (χ1n) is 4.03. The second-order valence-corrected chi connectivity index (χ2v) is 2.99. The summed E-state index contributed by atoms with van der Waals surface area (Å²) in [5.41, 5.74) is 0.460. The van der Waals surface area contributed by atoms with Gasteiger partial charge in [0.25, 0.3) is 6.43 Å². The van der Waals surface area contributed by atoms with Gasteiger partial charge >= 0.3 is 0 Å². The van der Waals surface area contributed by atoms with Crippen molar-refractivity contribution < 1.29 is 13.9 Å². The smallest absolute Gasteiger partial charge is 0.267 e. The third-order valence-corrected chi connectivity index (χ3v) is 1.91. The van der Waals surface area contributed by atoms with Crippen LogP contribution in [0.2, 0.25) is 0 Å².